The fraction of sp³-hybridized carbons (Fsp3) is 1.00. The predicted molar refractivity (Wildman–Crippen MR) is 47.3 cm³/mol. The van der Waals surface area contributed by atoms with Crippen molar-refractivity contribution in [1.82, 2.24) is 0 Å². The van der Waals surface area contributed by atoms with Gasteiger partial charge in [0.15, 0.2) is 0 Å². The highest BCUT2D eigenvalue weighted by Crippen LogP contribution is 2.27. The molecule has 72 valence electrons. The zero-order valence-corrected chi connectivity index (χ0v) is 8.70. The van der Waals surface area contributed by atoms with E-state index in [2.05, 4.69) is 6.92 Å². The predicted octanol–water partition coefficient (Wildman–Crippen LogP) is 1.54. The zero-order valence-electron chi connectivity index (χ0n) is 8.70. The average Bonchev–Trinajstić information content (AvgIpc) is 1.77. The van der Waals surface area contributed by atoms with Gasteiger partial charge in [-0.05, 0) is 20.8 Å². The monoisotopic (exact) mass is 174 g/mol. The van der Waals surface area contributed by atoms with E-state index in [1.165, 1.54) is 0 Å². The highest BCUT2D eigenvalue weighted by Gasteiger charge is 2.41. The minimum Gasteiger partial charge on any atom is -0.323 e. The molecule has 3 nitrogen and oxygen atoms in total. The maximum Gasteiger partial charge on any atom is 0.225 e. The van der Waals surface area contributed by atoms with Gasteiger partial charge in [0.2, 0.25) is 6.23 Å². The van der Waals surface area contributed by atoms with E-state index in [-0.39, 0.29) is 12.3 Å². The van der Waals surface area contributed by atoms with E-state index in [9.17, 15) is 0 Å². The second kappa shape index (κ2) is 3.32. The third-order valence-electron chi connectivity index (χ3n) is 2.10. The first kappa shape index (κ1) is 9.96. The van der Waals surface area contributed by atoms with Crippen molar-refractivity contribution >= 4 is 0 Å². The molecule has 1 aliphatic rings. The van der Waals surface area contributed by atoms with Gasteiger partial charge in [0.25, 0.3) is 0 Å². The molecule has 1 rings (SSSR count). The molecule has 0 N–H and O–H groups in total. The summed E-state index contributed by atoms with van der Waals surface area (Å²) in [5.41, 5.74) is 0. The normalized spacial score (nSPS) is 30.5. The molecule has 0 radical (unpaired) electrons. The number of rotatable bonds is 3. The summed E-state index contributed by atoms with van der Waals surface area (Å²) in [6, 6.07) is 0. The topological polar surface area (TPSA) is 18.5 Å². The van der Waals surface area contributed by atoms with Crippen LogP contribution in [0.25, 0.3) is 0 Å². The Hall–Kier alpha value is -0.120. The van der Waals surface area contributed by atoms with Crippen LogP contribution in [0.15, 0.2) is 0 Å². The lowest BCUT2D eigenvalue weighted by Gasteiger charge is -2.43. The summed E-state index contributed by atoms with van der Waals surface area (Å²) in [5, 5.41) is 0. The van der Waals surface area contributed by atoms with Crippen LogP contribution in [-0.4, -0.2) is 37.2 Å². The van der Waals surface area contributed by atoms with E-state index < -0.39 is 0 Å². The van der Waals surface area contributed by atoms with Crippen LogP contribution < -0.4 is 0 Å². The summed E-state index contributed by atoms with van der Waals surface area (Å²) in [7, 11) is 4.08. The highest BCUT2D eigenvalue weighted by atomic mass is 16.8. The quantitative estimate of drug-likeness (QED) is 0.477. The lowest BCUT2D eigenvalue weighted by atomic mass is 10.1. The standard InChI is InChI=1S/C9H20NO2/c1-7(2)12-10(4,5)9-6-8(3)11-9/h7-9H,6H2,1-5H3/q+1. The number of quaternary nitrogens is 1. The molecule has 0 bridgehead atoms. The molecule has 0 aromatic heterocycles. The van der Waals surface area contributed by atoms with Crippen LogP contribution in [0.4, 0.5) is 0 Å². The smallest absolute Gasteiger partial charge is 0.225 e. The van der Waals surface area contributed by atoms with Crippen molar-refractivity contribution < 1.29 is 14.2 Å². The molecule has 0 saturated carbocycles. The van der Waals surface area contributed by atoms with Crippen molar-refractivity contribution in [2.75, 3.05) is 14.1 Å². The summed E-state index contributed by atoms with van der Waals surface area (Å²) >= 11 is 0. The van der Waals surface area contributed by atoms with Crippen molar-refractivity contribution in [2.24, 2.45) is 0 Å². The van der Waals surface area contributed by atoms with Gasteiger partial charge in [-0.1, -0.05) is 0 Å². The van der Waals surface area contributed by atoms with E-state index in [1.54, 1.807) is 0 Å². The Morgan fingerprint density at radius 1 is 1.42 bits per heavy atom. The van der Waals surface area contributed by atoms with Gasteiger partial charge in [0.1, 0.15) is 20.2 Å². The molecule has 0 aliphatic carbocycles. The molecule has 0 aromatic carbocycles. The highest BCUT2D eigenvalue weighted by molar-refractivity contribution is 4.64. The first-order valence-electron chi connectivity index (χ1n) is 4.59. The fourth-order valence-corrected chi connectivity index (χ4v) is 1.55. The van der Waals surface area contributed by atoms with Crippen molar-refractivity contribution in [1.29, 1.82) is 0 Å². The van der Waals surface area contributed by atoms with Crippen LogP contribution in [-0.2, 0) is 9.57 Å². The molecule has 0 amide bonds. The first-order chi connectivity index (χ1) is 5.42. The Morgan fingerprint density at radius 3 is 2.25 bits per heavy atom. The Morgan fingerprint density at radius 2 is 1.92 bits per heavy atom. The number of hydrogen-bond donors (Lipinski definition) is 0. The van der Waals surface area contributed by atoms with Crippen molar-refractivity contribution in [2.45, 2.75) is 45.6 Å². The summed E-state index contributed by atoms with van der Waals surface area (Å²) in [6.07, 6.45) is 1.98. The second-order valence-corrected chi connectivity index (χ2v) is 4.23. The summed E-state index contributed by atoms with van der Waals surface area (Å²) < 4.78 is 6.07. The molecule has 1 fully saturated rings. The molecule has 1 saturated heterocycles. The van der Waals surface area contributed by atoms with Crippen LogP contribution in [0.2, 0.25) is 0 Å². The van der Waals surface area contributed by atoms with Gasteiger partial charge in [0.05, 0.1) is 12.5 Å². The van der Waals surface area contributed by atoms with Gasteiger partial charge in [-0.3, -0.25) is 0 Å². The number of ether oxygens (including phenoxy) is 1. The first-order valence-corrected chi connectivity index (χ1v) is 4.59. The minimum absolute atomic E-state index is 0.224. The van der Waals surface area contributed by atoms with Crippen LogP contribution >= 0.6 is 0 Å². The Bertz CT molecular complexity index is 151. The number of nitrogens with zero attached hydrogens (tertiary/aromatic N) is 1. The molecule has 2 unspecified atom stereocenters. The Labute approximate surface area is 74.8 Å². The van der Waals surface area contributed by atoms with E-state index in [1.807, 2.05) is 27.9 Å². The van der Waals surface area contributed by atoms with Crippen LogP contribution in [0.1, 0.15) is 27.2 Å². The van der Waals surface area contributed by atoms with Gasteiger partial charge in [-0.25, -0.2) is 0 Å². The lowest BCUT2D eigenvalue weighted by Crippen LogP contribution is -2.58. The largest absolute Gasteiger partial charge is 0.323 e. The average molecular weight is 174 g/mol. The number of hydrogen-bond acceptors (Lipinski definition) is 2. The van der Waals surface area contributed by atoms with E-state index >= 15 is 0 Å². The number of hydroxylamine groups is 3. The Balaban J connectivity index is 2.38. The van der Waals surface area contributed by atoms with Crippen LogP contribution in [0.5, 0.6) is 0 Å². The maximum absolute atomic E-state index is 5.70. The van der Waals surface area contributed by atoms with Gasteiger partial charge >= 0.3 is 0 Å². The zero-order chi connectivity index (χ0) is 9.35. The Kier molecular flexibility index (Phi) is 2.76. The van der Waals surface area contributed by atoms with Gasteiger partial charge < -0.3 is 4.74 Å². The second-order valence-electron chi connectivity index (χ2n) is 4.23. The third kappa shape index (κ3) is 2.19. The van der Waals surface area contributed by atoms with Gasteiger partial charge in [0, 0.05) is 0 Å². The minimum atomic E-state index is 0.224. The molecular weight excluding hydrogens is 154 g/mol. The molecule has 1 heterocycles. The molecule has 2 atom stereocenters. The molecule has 0 spiro atoms. The van der Waals surface area contributed by atoms with Crippen LogP contribution in [0.3, 0.4) is 0 Å². The lowest BCUT2D eigenvalue weighted by molar-refractivity contribution is -1.12. The van der Waals surface area contributed by atoms with E-state index in [0.29, 0.717) is 10.8 Å². The van der Waals surface area contributed by atoms with Crippen molar-refractivity contribution in [3.63, 3.8) is 0 Å². The van der Waals surface area contributed by atoms with Crippen molar-refractivity contribution in [3.8, 4) is 0 Å². The fourth-order valence-electron chi connectivity index (χ4n) is 1.55. The summed E-state index contributed by atoms with van der Waals surface area (Å²) in [5.74, 6) is 0. The molecule has 0 aromatic rings. The van der Waals surface area contributed by atoms with E-state index in [0.717, 1.165) is 6.42 Å². The molecule has 3 heteroatoms. The summed E-state index contributed by atoms with van der Waals surface area (Å²) in [4.78, 5) is 5.70. The molecule has 1 aliphatic heterocycles. The van der Waals surface area contributed by atoms with Crippen LogP contribution in [0, 0.1) is 0 Å². The molecular formula is C9H20NO2+. The van der Waals surface area contributed by atoms with E-state index in [4.69, 9.17) is 9.57 Å². The SMILES string of the molecule is CC(C)O[N+](C)(C)C1CC(C)O1. The third-order valence-corrected chi connectivity index (χ3v) is 2.10. The van der Waals surface area contributed by atoms with Crippen molar-refractivity contribution in [3.05, 3.63) is 0 Å². The molecule has 12 heavy (non-hydrogen) atoms. The maximum atomic E-state index is 5.70. The van der Waals surface area contributed by atoms with Gasteiger partial charge in [-0.15, -0.1) is 0 Å². The summed E-state index contributed by atoms with van der Waals surface area (Å²) in [6.45, 7) is 6.18. The van der Waals surface area contributed by atoms with Gasteiger partial charge in [-0.2, -0.15) is 9.48 Å².